The van der Waals surface area contributed by atoms with Gasteiger partial charge in [0, 0.05) is 51.9 Å². The minimum Gasteiger partial charge on any atom is -0.364 e. The predicted molar refractivity (Wildman–Crippen MR) is 132 cm³/mol. The molecule has 2 aromatic carbocycles. The van der Waals surface area contributed by atoms with E-state index in [2.05, 4.69) is 69.7 Å². The summed E-state index contributed by atoms with van der Waals surface area (Å²) >= 11 is 0. The molecule has 1 aromatic heterocycles. The molecule has 0 bridgehead atoms. The smallest absolute Gasteiger partial charge is 0.194 e. The largest absolute Gasteiger partial charge is 0.364 e. The van der Waals surface area contributed by atoms with Crippen LogP contribution in [0, 0.1) is 0 Å². The number of nitrogens with one attached hydrogen (secondary N) is 1. The highest BCUT2D eigenvalue weighted by molar-refractivity contribution is 14.0. The highest BCUT2D eigenvalue weighted by Crippen LogP contribution is 2.16. The number of benzene rings is 2. The summed E-state index contributed by atoms with van der Waals surface area (Å²) in [5.41, 5.74) is 2.33. The van der Waals surface area contributed by atoms with Gasteiger partial charge in [-0.3, -0.25) is 9.89 Å². The zero-order valence-corrected chi connectivity index (χ0v) is 19.8. The number of aromatic nitrogens is 1. The summed E-state index contributed by atoms with van der Waals surface area (Å²) in [4.78, 5) is 9.67. The van der Waals surface area contributed by atoms with E-state index in [4.69, 9.17) is 9.52 Å². The molecular formula is C23H30IN5O. The summed E-state index contributed by atoms with van der Waals surface area (Å²) < 4.78 is 4.94. The molecule has 0 amide bonds. The van der Waals surface area contributed by atoms with Crippen molar-refractivity contribution in [3.63, 3.8) is 0 Å². The summed E-state index contributed by atoms with van der Waals surface area (Å²) in [6, 6.07) is 17.1. The van der Waals surface area contributed by atoms with Crippen molar-refractivity contribution in [3.05, 3.63) is 66.1 Å². The summed E-state index contributed by atoms with van der Waals surface area (Å²) in [6.07, 6.45) is 2.59. The number of nitrogens with zero attached hydrogens (tertiary/aromatic N) is 4. The molecular weight excluding hydrogens is 489 g/mol. The maximum atomic E-state index is 4.94. The zero-order chi connectivity index (χ0) is 19.9. The minimum atomic E-state index is 0. The number of halogens is 1. The zero-order valence-electron chi connectivity index (χ0n) is 17.5. The molecule has 30 heavy (non-hydrogen) atoms. The van der Waals surface area contributed by atoms with E-state index in [1.165, 1.54) is 16.3 Å². The minimum absolute atomic E-state index is 0. The molecule has 1 aliphatic heterocycles. The molecule has 1 saturated heterocycles. The Morgan fingerprint density at radius 1 is 1.07 bits per heavy atom. The Morgan fingerprint density at radius 3 is 2.60 bits per heavy atom. The van der Waals surface area contributed by atoms with E-state index >= 15 is 0 Å². The monoisotopic (exact) mass is 519 g/mol. The Hall–Kier alpha value is -2.13. The first kappa shape index (κ1) is 22.6. The quantitative estimate of drug-likeness (QED) is 0.305. The van der Waals surface area contributed by atoms with Gasteiger partial charge < -0.3 is 14.7 Å². The molecule has 160 valence electrons. The third-order valence-electron chi connectivity index (χ3n) is 5.36. The first-order chi connectivity index (χ1) is 14.3. The van der Waals surface area contributed by atoms with Crippen LogP contribution in [-0.4, -0.2) is 60.2 Å². The number of rotatable bonds is 6. The Bertz CT molecular complexity index is 936. The first-order valence-corrected chi connectivity index (χ1v) is 10.4. The molecule has 7 heteroatoms. The number of hydrogen-bond acceptors (Lipinski definition) is 4. The van der Waals surface area contributed by atoms with Crippen molar-refractivity contribution in [1.29, 1.82) is 0 Å². The van der Waals surface area contributed by atoms with E-state index in [0.717, 1.165) is 63.9 Å². The van der Waals surface area contributed by atoms with Crippen LogP contribution in [0.1, 0.15) is 18.2 Å². The number of hydrogen-bond donors (Lipinski definition) is 1. The Labute approximate surface area is 195 Å². The van der Waals surface area contributed by atoms with Crippen LogP contribution < -0.4 is 5.32 Å². The lowest BCUT2D eigenvalue weighted by Gasteiger charge is -2.36. The van der Waals surface area contributed by atoms with E-state index in [1.54, 1.807) is 6.26 Å². The van der Waals surface area contributed by atoms with Gasteiger partial charge in [0.15, 0.2) is 5.96 Å². The van der Waals surface area contributed by atoms with Crippen molar-refractivity contribution in [1.82, 2.24) is 20.3 Å². The van der Waals surface area contributed by atoms with E-state index in [0.29, 0.717) is 0 Å². The Kier molecular flexibility index (Phi) is 8.50. The SMILES string of the molecule is CCNC(=NCCc1ccc2ccccc2c1)N1CCN(Cc2ccon2)CC1.I. The van der Waals surface area contributed by atoms with Crippen molar-refractivity contribution in [2.75, 3.05) is 39.3 Å². The van der Waals surface area contributed by atoms with Crippen molar-refractivity contribution in [3.8, 4) is 0 Å². The van der Waals surface area contributed by atoms with Gasteiger partial charge in [0.2, 0.25) is 0 Å². The standard InChI is InChI=1S/C23H29N5O.HI/c1-2-24-23(28-14-12-27(13-15-28)18-22-10-16-29-26-22)25-11-9-19-7-8-20-5-3-4-6-21(20)17-19;/h3-8,10,16-17H,2,9,11-15,18H2,1H3,(H,24,25);1H. The topological polar surface area (TPSA) is 56.9 Å². The third kappa shape index (κ3) is 5.95. The molecule has 4 rings (SSSR count). The summed E-state index contributed by atoms with van der Waals surface area (Å²) in [6.45, 7) is 8.59. The average Bonchev–Trinajstić information content (AvgIpc) is 3.27. The molecule has 2 heterocycles. The fourth-order valence-corrected chi connectivity index (χ4v) is 3.78. The van der Waals surface area contributed by atoms with Crippen LogP contribution in [0.2, 0.25) is 0 Å². The van der Waals surface area contributed by atoms with Gasteiger partial charge in [-0.15, -0.1) is 24.0 Å². The summed E-state index contributed by atoms with van der Waals surface area (Å²) in [5, 5.41) is 10.1. The number of fused-ring (bicyclic) bond motifs is 1. The lowest BCUT2D eigenvalue weighted by Crippen LogP contribution is -2.52. The molecule has 1 N–H and O–H groups in total. The van der Waals surface area contributed by atoms with E-state index < -0.39 is 0 Å². The lowest BCUT2D eigenvalue weighted by molar-refractivity contribution is 0.169. The van der Waals surface area contributed by atoms with Crippen LogP contribution in [0.25, 0.3) is 10.8 Å². The van der Waals surface area contributed by atoms with Gasteiger partial charge >= 0.3 is 0 Å². The summed E-state index contributed by atoms with van der Waals surface area (Å²) in [7, 11) is 0. The van der Waals surface area contributed by atoms with Crippen LogP contribution in [0.5, 0.6) is 0 Å². The van der Waals surface area contributed by atoms with Gasteiger partial charge in [0.25, 0.3) is 0 Å². The van der Waals surface area contributed by atoms with Crippen LogP contribution >= 0.6 is 24.0 Å². The van der Waals surface area contributed by atoms with Crippen LogP contribution in [-0.2, 0) is 13.0 Å². The van der Waals surface area contributed by atoms with Gasteiger partial charge in [0.05, 0.1) is 5.69 Å². The second kappa shape index (κ2) is 11.3. The molecule has 0 saturated carbocycles. The Balaban J connectivity index is 0.00000256. The summed E-state index contributed by atoms with van der Waals surface area (Å²) in [5.74, 6) is 1.02. The lowest BCUT2D eigenvalue weighted by atomic mass is 10.1. The average molecular weight is 519 g/mol. The molecule has 6 nitrogen and oxygen atoms in total. The third-order valence-corrected chi connectivity index (χ3v) is 5.36. The van der Waals surface area contributed by atoms with Crippen molar-refractivity contribution >= 4 is 40.7 Å². The molecule has 1 fully saturated rings. The van der Waals surface area contributed by atoms with E-state index in [9.17, 15) is 0 Å². The molecule has 0 aliphatic carbocycles. The molecule has 3 aromatic rings. The predicted octanol–water partition coefficient (Wildman–Crippen LogP) is 3.77. The second-order valence-electron chi connectivity index (χ2n) is 7.42. The van der Waals surface area contributed by atoms with Crippen LogP contribution in [0.3, 0.4) is 0 Å². The highest BCUT2D eigenvalue weighted by Gasteiger charge is 2.20. The maximum Gasteiger partial charge on any atom is 0.194 e. The molecule has 0 radical (unpaired) electrons. The maximum absolute atomic E-state index is 4.94. The molecule has 0 spiro atoms. The molecule has 0 atom stereocenters. The van der Waals surface area contributed by atoms with Crippen molar-refractivity contribution in [2.24, 2.45) is 4.99 Å². The number of guanidine groups is 1. The van der Waals surface area contributed by atoms with E-state index in [1.807, 2.05) is 6.07 Å². The number of aliphatic imine (C=N–C) groups is 1. The second-order valence-corrected chi connectivity index (χ2v) is 7.42. The van der Waals surface area contributed by atoms with Gasteiger partial charge in [0.1, 0.15) is 6.26 Å². The Morgan fingerprint density at radius 2 is 1.87 bits per heavy atom. The van der Waals surface area contributed by atoms with Crippen molar-refractivity contribution in [2.45, 2.75) is 19.9 Å². The van der Waals surface area contributed by atoms with Gasteiger partial charge in [-0.25, -0.2) is 0 Å². The van der Waals surface area contributed by atoms with Crippen LogP contribution in [0.4, 0.5) is 0 Å². The van der Waals surface area contributed by atoms with Crippen LogP contribution in [0.15, 0.2) is 64.3 Å². The van der Waals surface area contributed by atoms with Gasteiger partial charge in [-0.1, -0.05) is 47.6 Å². The molecule has 1 aliphatic rings. The fourth-order valence-electron chi connectivity index (χ4n) is 3.78. The van der Waals surface area contributed by atoms with Crippen molar-refractivity contribution < 1.29 is 4.52 Å². The number of piperazine rings is 1. The van der Waals surface area contributed by atoms with Gasteiger partial charge in [-0.05, 0) is 29.7 Å². The fraction of sp³-hybridized carbons (Fsp3) is 0.391. The first-order valence-electron chi connectivity index (χ1n) is 10.4. The molecule has 0 unspecified atom stereocenters. The highest BCUT2D eigenvalue weighted by atomic mass is 127. The normalized spacial score (nSPS) is 15.2. The van der Waals surface area contributed by atoms with E-state index in [-0.39, 0.29) is 24.0 Å². The van der Waals surface area contributed by atoms with Gasteiger partial charge in [-0.2, -0.15) is 0 Å².